The van der Waals surface area contributed by atoms with Gasteiger partial charge >= 0.3 is 0 Å². The lowest BCUT2D eigenvalue weighted by Crippen LogP contribution is -2.39. The van der Waals surface area contributed by atoms with Crippen LogP contribution in [0.3, 0.4) is 0 Å². The summed E-state index contributed by atoms with van der Waals surface area (Å²) in [7, 11) is 1.66. The number of furan rings is 1. The highest BCUT2D eigenvalue weighted by molar-refractivity contribution is 5.79. The Morgan fingerprint density at radius 1 is 1.33 bits per heavy atom. The summed E-state index contributed by atoms with van der Waals surface area (Å²) in [5.41, 5.74) is 0.851. The van der Waals surface area contributed by atoms with Gasteiger partial charge in [0.05, 0.1) is 26.9 Å². The average Bonchev–Trinajstić information content (AvgIpc) is 3.20. The van der Waals surface area contributed by atoms with Gasteiger partial charge in [-0.05, 0) is 31.2 Å². The number of morpholine rings is 1. The smallest absolute Gasteiger partial charge is 0.246 e. The van der Waals surface area contributed by atoms with Crippen molar-refractivity contribution in [1.29, 1.82) is 0 Å². The number of hydrogen-bond donors (Lipinski definition) is 0. The predicted molar refractivity (Wildman–Crippen MR) is 85.8 cm³/mol. The Kier molecular flexibility index (Phi) is 3.95. The third-order valence-electron chi connectivity index (χ3n) is 4.20. The minimum absolute atomic E-state index is 0.0531. The molecule has 1 fully saturated rings. The summed E-state index contributed by atoms with van der Waals surface area (Å²) in [6, 6.07) is 7.79. The Balaban J connectivity index is 1.58. The number of benzene rings is 1. The van der Waals surface area contributed by atoms with Gasteiger partial charge in [0.15, 0.2) is 5.82 Å². The van der Waals surface area contributed by atoms with Gasteiger partial charge in [0.1, 0.15) is 23.1 Å². The van der Waals surface area contributed by atoms with E-state index in [9.17, 15) is 0 Å². The molecule has 3 heterocycles. The van der Waals surface area contributed by atoms with Gasteiger partial charge in [0.2, 0.25) is 5.89 Å². The number of hydrogen-bond acceptors (Lipinski definition) is 7. The van der Waals surface area contributed by atoms with Crippen molar-refractivity contribution in [3.05, 3.63) is 41.7 Å². The summed E-state index contributed by atoms with van der Waals surface area (Å²) < 4.78 is 22.1. The molecule has 1 atom stereocenters. The van der Waals surface area contributed by atoms with E-state index in [1.807, 2.05) is 31.2 Å². The molecule has 1 aromatic carbocycles. The van der Waals surface area contributed by atoms with E-state index in [0.717, 1.165) is 29.0 Å². The Labute approximate surface area is 139 Å². The van der Waals surface area contributed by atoms with Gasteiger partial charge < -0.3 is 18.4 Å². The molecule has 1 aliphatic rings. The number of methoxy groups -OCH3 is 1. The van der Waals surface area contributed by atoms with Crippen LogP contribution in [0.2, 0.25) is 0 Å². The normalized spacial score (nSPS) is 19.0. The van der Waals surface area contributed by atoms with Gasteiger partial charge in [-0.2, -0.15) is 4.98 Å². The molecule has 1 saturated heterocycles. The lowest BCUT2D eigenvalue weighted by molar-refractivity contribution is -0.0264. The molecule has 0 N–H and O–H groups in total. The van der Waals surface area contributed by atoms with E-state index in [1.165, 1.54) is 0 Å². The maximum absolute atomic E-state index is 5.96. The predicted octanol–water partition coefficient (Wildman–Crippen LogP) is 2.71. The summed E-state index contributed by atoms with van der Waals surface area (Å²) in [6.45, 7) is 4.47. The first-order valence-corrected chi connectivity index (χ1v) is 7.91. The highest BCUT2D eigenvalue weighted by Crippen LogP contribution is 2.28. The SMILES string of the molecule is COc1ccc2oc(CN3CCOC[C@@H]3c3nc(C)no3)cc2c1. The van der Waals surface area contributed by atoms with Crippen LogP contribution in [-0.4, -0.2) is 41.9 Å². The Hall–Kier alpha value is -2.38. The molecule has 126 valence electrons. The quantitative estimate of drug-likeness (QED) is 0.728. The number of fused-ring (bicyclic) bond motifs is 1. The molecule has 1 aliphatic heterocycles. The first-order chi connectivity index (χ1) is 11.7. The van der Waals surface area contributed by atoms with Crippen LogP contribution in [0, 0.1) is 6.92 Å². The molecule has 0 bridgehead atoms. The first-order valence-electron chi connectivity index (χ1n) is 7.91. The van der Waals surface area contributed by atoms with Gasteiger partial charge in [-0.15, -0.1) is 0 Å². The fraction of sp³-hybridized carbons (Fsp3) is 0.412. The Morgan fingerprint density at radius 2 is 2.25 bits per heavy atom. The second-order valence-corrected chi connectivity index (χ2v) is 5.86. The van der Waals surface area contributed by atoms with E-state index in [1.54, 1.807) is 7.11 Å². The van der Waals surface area contributed by atoms with Gasteiger partial charge in [0.25, 0.3) is 0 Å². The molecule has 7 nitrogen and oxygen atoms in total. The van der Waals surface area contributed by atoms with Crippen LogP contribution in [0.25, 0.3) is 11.0 Å². The summed E-state index contributed by atoms with van der Waals surface area (Å²) in [5, 5.41) is 4.91. The highest BCUT2D eigenvalue weighted by atomic mass is 16.5. The second kappa shape index (κ2) is 6.26. The van der Waals surface area contributed by atoms with Crippen LogP contribution >= 0.6 is 0 Å². The standard InChI is InChI=1S/C17H19N3O4/c1-11-18-17(24-19-11)15-10-22-6-5-20(15)9-14-8-12-7-13(21-2)3-4-16(12)23-14/h3-4,7-8,15H,5-6,9-10H2,1-2H3/t15-/m1/s1. The second-order valence-electron chi connectivity index (χ2n) is 5.86. The number of aromatic nitrogens is 2. The zero-order chi connectivity index (χ0) is 16.5. The van der Waals surface area contributed by atoms with Gasteiger partial charge in [0, 0.05) is 11.9 Å². The van der Waals surface area contributed by atoms with E-state index >= 15 is 0 Å². The largest absolute Gasteiger partial charge is 0.497 e. The number of ether oxygens (including phenoxy) is 2. The maximum atomic E-state index is 5.96. The lowest BCUT2D eigenvalue weighted by atomic mass is 10.2. The van der Waals surface area contributed by atoms with E-state index in [-0.39, 0.29) is 6.04 Å². The molecule has 0 unspecified atom stereocenters. The van der Waals surface area contributed by atoms with Crippen molar-refractivity contribution < 1.29 is 18.4 Å². The zero-order valence-corrected chi connectivity index (χ0v) is 13.7. The third kappa shape index (κ3) is 2.88. The van der Waals surface area contributed by atoms with Gasteiger partial charge in [-0.25, -0.2) is 0 Å². The topological polar surface area (TPSA) is 73.8 Å². The van der Waals surface area contributed by atoms with Crippen molar-refractivity contribution >= 4 is 11.0 Å². The van der Waals surface area contributed by atoms with Crippen molar-refractivity contribution in [2.45, 2.75) is 19.5 Å². The Morgan fingerprint density at radius 3 is 3.04 bits per heavy atom. The van der Waals surface area contributed by atoms with Crippen molar-refractivity contribution in [3.8, 4) is 5.75 Å². The van der Waals surface area contributed by atoms with Crippen LogP contribution in [0.5, 0.6) is 5.75 Å². The van der Waals surface area contributed by atoms with E-state index in [0.29, 0.717) is 31.5 Å². The van der Waals surface area contributed by atoms with E-state index in [2.05, 4.69) is 15.0 Å². The van der Waals surface area contributed by atoms with Crippen LogP contribution in [0.4, 0.5) is 0 Å². The molecular formula is C17H19N3O4. The number of aryl methyl sites for hydroxylation is 1. The zero-order valence-electron chi connectivity index (χ0n) is 13.7. The van der Waals surface area contributed by atoms with Crippen LogP contribution < -0.4 is 4.74 Å². The molecule has 0 aliphatic carbocycles. The molecule has 3 aromatic rings. The number of nitrogens with zero attached hydrogens (tertiary/aromatic N) is 3. The number of rotatable bonds is 4. The molecule has 7 heteroatoms. The van der Waals surface area contributed by atoms with Crippen LogP contribution in [0.1, 0.15) is 23.5 Å². The van der Waals surface area contributed by atoms with Crippen molar-refractivity contribution in [3.63, 3.8) is 0 Å². The molecule has 4 rings (SSSR count). The van der Waals surface area contributed by atoms with Crippen molar-refractivity contribution in [2.24, 2.45) is 0 Å². The first kappa shape index (κ1) is 15.2. The molecule has 0 amide bonds. The summed E-state index contributed by atoms with van der Waals surface area (Å²) in [4.78, 5) is 6.59. The molecule has 0 saturated carbocycles. The molecule has 24 heavy (non-hydrogen) atoms. The molecular weight excluding hydrogens is 310 g/mol. The minimum Gasteiger partial charge on any atom is -0.497 e. The highest BCUT2D eigenvalue weighted by Gasteiger charge is 2.30. The molecule has 2 aromatic heterocycles. The van der Waals surface area contributed by atoms with E-state index in [4.69, 9.17) is 18.4 Å². The van der Waals surface area contributed by atoms with Crippen LogP contribution in [-0.2, 0) is 11.3 Å². The van der Waals surface area contributed by atoms with Gasteiger partial charge in [-0.3, -0.25) is 4.90 Å². The summed E-state index contributed by atoms with van der Waals surface area (Å²) in [6.07, 6.45) is 0. The monoisotopic (exact) mass is 329 g/mol. The van der Waals surface area contributed by atoms with Crippen LogP contribution in [0.15, 0.2) is 33.2 Å². The maximum Gasteiger partial charge on any atom is 0.246 e. The van der Waals surface area contributed by atoms with Crippen molar-refractivity contribution in [1.82, 2.24) is 15.0 Å². The molecule has 0 radical (unpaired) electrons. The average molecular weight is 329 g/mol. The van der Waals surface area contributed by atoms with Crippen molar-refractivity contribution in [2.75, 3.05) is 26.9 Å². The third-order valence-corrected chi connectivity index (χ3v) is 4.20. The van der Waals surface area contributed by atoms with Gasteiger partial charge in [-0.1, -0.05) is 5.16 Å². The van der Waals surface area contributed by atoms with E-state index < -0.39 is 0 Å². The summed E-state index contributed by atoms with van der Waals surface area (Å²) in [5.74, 6) is 2.93. The fourth-order valence-corrected chi connectivity index (χ4v) is 2.98. The Bertz CT molecular complexity index is 841. The fourth-order valence-electron chi connectivity index (χ4n) is 2.98. The summed E-state index contributed by atoms with van der Waals surface area (Å²) >= 11 is 0. The molecule has 0 spiro atoms. The minimum atomic E-state index is -0.0531. The lowest BCUT2D eigenvalue weighted by Gasteiger charge is -2.32.